The van der Waals surface area contributed by atoms with E-state index < -0.39 is 17.7 Å². The maximum Gasteiger partial charge on any atom is 0.391 e. The van der Waals surface area contributed by atoms with Gasteiger partial charge in [0.25, 0.3) is 0 Å². The topological polar surface area (TPSA) is 46.0 Å². The van der Waals surface area contributed by atoms with Crippen LogP contribution in [-0.4, -0.2) is 21.3 Å². The number of aromatic nitrogens is 2. The Morgan fingerprint density at radius 1 is 1.29 bits per heavy atom. The van der Waals surface area contributed by atoms with E-state index in [0.29, 0.717) is 18.4 Å². The number of rotatable bonds is 1. The molecule has 2 unspecified atom stereocenters. The molecule has 2 atom stereocenters. The van der Waals surface area contributed by atoms with Gasteiger partial charge in [0.2, 0.25) is 0 Å². The molecule has 3 nitrogen and oxygen atoms in total. The Hall–Kier alpha value is -1.17. The van der Waals surface area contributed by atoms with Crippen molar-refractivity contribution in [2.45, 2.75) is 37.5 Å². The summed E-state index contributed by atoms with van der Waals surface area (Å²) in [6.45, 7) is 0. The summed E-state index contributed by atoms with van der Waals surface area (Å²) in [6, 6.07) is 0. The molecule has 94 valence electrons. The van der Waals surface area contributed by atoms with Gasteiger partial charge in [-0.25, -0.2) is 9.97 Å². The molecule has 0 radical (unpaired) electrons. The lowest BCUT2D eigenvalue weighted by molar-refractivity contribution is -0.202. The largest absolute Gasteiger partial charge is 0.391 e. The van der Waals surface area contributed by atoms with Crippen LogP contribution in [-0.2, 0) is 5.60 Å². The lowest BCUT2D eigenvalue weighted by Crippen LogP contribution is -2.38. The van der Waals surface area contributed by atoms with Crippen molar-refractivity contribution in [2.24, 2.45) is 5.92 Å². The molecule has 1 fully saturated rings. The molecule has 1 aliphatic carbocycles. The van der Waals surface area contributed by atoms with Crippen LogP contribution in [0.25, 0.3) is 0 Å². The zero-order valence-corrected chi connectivity index (χ0v) is 9.11. The Kier molecular flexibility index (Phi) is 3.07. The molecule has 0 aromatic carbocycles. The molecular formula is C11H13F3N2O. The van der Waals surface area contributed by atoms with Gasteiger partial charge < -0.3 is 5.11 Å². The fraction of sp³-hybridized carbons (Fsp3) is 0.636. The zero-order valence-electron chi connectivity index (χ0n) is 9.11. The minimum Gasteiger partial charge on any atom is -0.385 e. The molecule has 1 heterocycles. The van der Waals surface area contributed by atoms with Crippen LogP contribution in [0, 0.1) is 5.92 Å². The number of hydrogen-bond acceptors (Lipinski definition) is 3. The van der Waals surface area contributed by atoms with E-state index in [2.05, 4.69) is 9.97 Å². The first-order chi connectivity index (χ1) is 7.92. The lowest BCUT2D eigenvalue weighted by atomic mass is 9.75. The van der Waals surface area contributed by atoms with Crippen LogP contribution < -0.4 is 0 Å². The molecule has 2 rings (SSSR count). The SMILES string of the molecule is OC1(c2cncnc2)CCCC(C(F)(F)F)C1. The number of hydrogen-bond donors (Lipinski definition) is 1. The first kappa shape index (κ1) is 12.3. The first-order valence-electron chi connectivity index (χ1n) is 5.46. The predicted molar refractivity (Wildman–Crippen MR) is 53.9 cm³/mol. The molecule has 0 amide bonds. The second-order valence-corrected chi connectivity index (χ2v) is 4.49. The Morgan fingerprint density at radius 3 is 2.53 bits per heavy atom. The van der Waals surface area contributed by atoms with Gasteiger partial charge in [-0.2, -0.15) is 13.2 Å². The van der Waals surface area contributed by atoms with Crippen molar-refractivity contribution in [2.75, 3.05) is 0 Å². The predicted octanol–water partition coefficient (Wildman–Crippen LogP) is 2.42. The molecule has 0 aliphatic heterocycles. The minimum absolute atomic E-state index is 0.0828. The normalized spacial score (nSPS) is 30.2. The van der Waals surface area contributed by atoms with Gasteiger partial charge >= 0.3 is 6.18 Å². The van der Waals surface area contributed by atoms with Crippen molar-refractivity contribution in [1.29, 1.82) is 0 Å². The summed E-state index contributed by atoms with van der Waals surface area (Å²) in [4.78, 5) is 7.48. The van der Waals surface area contributed by atoms with Crippen LogP contribution in [0.5, 0.6) is 0 Å². The highest BCUT2D eigenvalue weighted by atomic mass is 19.4. The summed E-state index contributed by atoms with van der Waals surface area (Å²) < 4.78 is 38.0. The number of aliphatic hydroxyl groups is 1. The Balaban J connectivity index is 2.21. The van der Waals surface area contributed by atoms with Gasteiger partial charge in [-0.1, -0.05) is 0 Å². The smallest absolute Gasteiger partial charge is 0.385 e. The molecule has 0 spiro atoms. The summed E-state index contributed by atoms with van der Waals surface area (Å²) >= 11 is 0. The quantitative estimate of drug-likeness (QED) is 0.827. The Bertz CT molecular complexity index is 382. The molecule has 1 aromatic rings. The van der Waals surface area contributed by atoms with Gasteiger partial charge in [-0.05, 0) is 25.7 Å². The van der Waals surface area contributed by atoms with Gasteiger partial charge in [0.1, 0.15) is 6.33 Å². The second kappa shape index (κ2) is 4.25. The molecule has 1 saturated carbocycles. The molecule has 17 heavy (non-hydrogen) atoms. The van der Waals surface area contributed by atoms with E-state index in [9.17, 15) is 18.3 Å². The maximum absolute atomic E-state index is 12.7. The van der Waals surface area contributed by atoms with E-state index in [0.717, 1.165) is 0 Å². The average molecular weight is 246 g/mol. The summed E-state index contributed by atoms with van der Waals surface area (Å²) in [5.41, 5.74) is -1.08. The van der Waals surface area contributed by atoms with Gasteiger partial charge in [-0.3, -0.25) is 0 Å². The fourth-order valence-corrected chi connectivity index (χ4v) is 2.33. The molecule has 1 N–H and O–H groups in total. The Morgan fingerprint density at radius 2 is 1.94 bits per heavy atom. The van der Waals surface area contributed by atoms with Crippen molar-refractivity contribution in [1.82, 2.24) is 9.97 Å². The van der Waals surface area contributed by atoms with Gasteiger partial charge in [0.05, 0.1) is 11.5 Å². The zero-order chi connectivity index (χ0) is 12.5. The molecule has 6 heteroatoms. The highest BCUT2D eigenvalue weighted by Gasteiger charge is 2.47. The maximum atomic E-state index is 12.7. The molecule has 1 aliphatic rings. The van der Waals surface area contributed by atoms with Crippen LogP contribution in [0.2, 0.25) is 0 Å². The van der Waals surface area contributed by atoms with Crippen LogP contribution in [0.15, 0.2) is 18.7 Å². The third kappa shape index (κ3) is 2.57. The third-order valence-corrected chi connectivity index (χ3v) is 3.29. The van der Waals surface area contributed by atoms with Gasteiger partial charge in [0.15, 0.2) is 0 Å². The van der Waals surface area contributed by atoms with Crippen LogP contribution in [0.4, 0.5) is 13.2 Å². The van der Waals surface area contributed by atoms with Crippen LogP contribution in [0.3, 0.4) is 0 Å². The highest BCUT2D eigenvalue weighted by Crippen LogP contribution is 2.45. The lowest BCUT2D eigenvalue weighted by Gasteiger charge is -2.37. The van der Waals surface area contributed by atoms with Crippen molar-refractivity contribution >= 4 is 0 Å². The molecule has 0 bridgehead atoms. The summed E-state index contributed by atoms with van der Waals surface area (Å²) in [6.07, 6.45) is 0.268. The van der Waals surface area contributed by atoms with E-state index >= 15 is 0 Å². The Labute approximate surface area is 96.7 Å². The number of nitrogens with zero attached hydrogens (tertiary/aromatic N) is 2. The van der Waals surface area contributed by atoms with Gasteiger partial charge in [-0.15, -0.1) is 0 Å². The highest BCUT2D eigenvalue weighted by molar-refractivity contribution is 5.15. The van der Waals surface area contributed by atoms with E-state index in [-0.39, 0.29) is 12.8 Å². The summed E-state index contributed by atoms with van der Waals surface area (Å²) in [5, 5.41) is 10.3. The fourth-order valence-electron chi connectivity index (χ4n) is 2.33. The third-order valence-electron chi connectivity index (χ3n) is 3.29. The van der Waals surface area contributed by atoms with E-state index in [4.69, 9.17) is 0 Å². The van der Waals surface area contributed by atoms with Crippen LogP contribution >= 0.6 is 0 Å². The summed E-state index contributed by atoms with van der Waals surface area (Å²) in [5.74, 6) is -1.44. The summed E-state index contributed by atoms with van der Waals surface area (Å²) in [7, 11) is 0. The van der Waals surface area contributed by atoms with Crippen molar-refractivity contribution in [3.63, 3.8) is 0 Å². The van der Waals surface area contributed by atoms with E-state index in [1.165, 1.54) is 18.7 Å². The van der Waals surface area contributed by atoms with Crippen molar-refractivity contribution in [3.05, 3.63) is 24.3 Å². The second-order valence-electron chi connectivity index (χ2n) is 4.49. The van der Waals surface area contributed by atoms with Gasteiger partial charge in [0, 0.05) is 18.0 Å². The standard InChI is InChI=1S/C11H13F3N2O/c12-11(13,14)8-2-1-3-10(17,4-8)9-5-15-7-16-6-9/h5-8,17H,1-4H2. The molecule has 0 saturated heterocycles. The molecular weight excluding hydrogens is 233 g/mol. The number of halogens is 3. The minimum atomic E-state index is -4.25. The van der Waals surface area contributed by atoms with Crippen LogP contribution in [0.1, 0.15) is 31.2 Å². The average Bonchev–Trinajstić information content (AvgIpc) is 2.29. The number of alkyl halides is 3. The van der Waals surface area contributed by atoms with E-state index in [1.54, 1.807) is 0 Å². The van der Waals surface area contributed by atoms with E-state index in [1.807, 2.05) is 0 Å². The monoisotopic (exact) mass is 246 g/mol. The molecule has 1 aromatic heterocycles. The van der Waals surface area contributed by atoms with Crippen molar-refractivity contribution < 1.29 is 18.3 Å². The van der Waals surface area contributed by atoms with Crippen molar-refractivity contribution in [3.8, 4) is 0 Å². The first-order valence-corrected chi connectivity index (χ1v) is 5.46.